The molecule has 4 aliphatic heterocycles. The van der Waals surface area contributed by atoms with Gasteiger partial charge in [0.25, 0.3) is 5.91 Å². The summed E-state index contributed by atoms with van der Waals surface area (Å²) in [5.41, 5.74) is 2.84. The monoisotopic (exact) mass is 768 g/mol. The molecule has 0 radical (unpaired) electrons. The van der Waals surface area contributed by atoms with Crippen molar-refractivity contribution in [3.8, 4) is 5.75 Å². The van der Waals surface area contributed by atoms with Gasteiger partial charge in [0.1, 0.15) is 18.0 Å². The van der Waals surface area contributed by atoms with Crippen LogP contribution in [0.25, 0.3) is 0 Å². The average Bonchev–Trinajstić information content (AvgIpc) is 3.15. The number of fused-ring (bicyclic) bond motifs is 4. The van der Waals surface area contributed by atoms with Crippen LogP contribution in [0.4, 0.5) is 5.69 Å². The van der Waals surface area contributed by atoms with Gasteiger partial charge in [-0.05, 0) is 112 Å². The van der Waals surface area contributed by atoms with Crippen LogP contribution in [0.2, 0.25) is 5.02 Å². The number of carbonyl (C=O) groups is 1. The number of rotatable bonds is 3. The molecule has 10 nitrogen and oxygen atoms in total. The lowest BCUT2D eigenvalue weighted by atomic mass is 9.63. The van der Waals surface area contributed by atoms with Gasteiger partial charge >= 0.3 is 0 Å². The predicted molar refractivity (Wildman–Crippen MR) is 209 cm³/mol. The fourth-order valence-corrected chi connectivity index (χ4v) is 10.6. The van der Waals surface area contributed by atoms with Crippen molar-refractivity contribution in [2.75, 3.05) is 64.4 Å². The lowest BCUT2D eigenvalue weighted by molar-refractivity contribution is -0.117. The summed E-state index contributed by atoms with van der Waals surface area (Å²) in [6.45, 7) is 13.1. The van der Waals surface area contributed by atoms with E-state index in [9.17, 15) is 13.2 Å². The molecule has 290 valence electrons. The summed E-state index contributed by atoms with van der Waals surface area (Å²) in [6, 6.07) is 11.7. The Morgan fingerprint density at radius 3 is 2.64 bits per heavy atom. The van der Waals surface area contributed by atoms with E-state index in [4.69, 9.17) is 25.8 Å². The maximum absolute atomic E-state index is 13.6. The Bertz CT molecular complexity index is 1770. The van der Waals surface area contributed by atoms with E-state index < -0.39 is 26.8 Å². The van der Waals surface area contributed by atoms with Crippen molar-refractivity contribution in [3.63, 3.8) is 0 Å². The van der Waals surface area contributed by atoms with Crippen LogP contribution < -0.4 is 14.4 Å². The number of ether oxygens (including phenoxy) is 3. The van der Waals surface area contributed by atoms with Crippen LogP contribution in [0.5, 0.6) is 5.75 Å². The highest BCUT2D eigenvalue weighted by Crippen LogP contribution is 2.47. The molecule has 4 heterocycles. The molecule has 5 aliphatic rings. The molecular weight excluding hydrogens is 712 g/mol. The number of amides is 1. The molecule has 1 aliphatic carbocycles. The first-order valence-corrected chi connectivity index (χ1v) is 21.5. The summed E-state index contributed by atoms with van der Waals surface area (Å²) in [6.07, 6.45) is 10.1. The number of sulfonamides is 1. The van der Waals surface area contributed by atoms with Gasteiger partial charge in [-0.15, -0.1) is 0 Å². The van der Waals surface area contributed by atoms with E-state index in [0.717, 1.165) is 95.8 Å². The Morgan fingerprint density at radius 2 is 1.85 bits per heavy atom. The van der Waals surface area contributed by atoms with Crippen LogP contribution in [-0.4, -0.2) is 107 Å². The number of morpholine rings is 1. The minimum absolute atomic E-state index is 0.227. The number of piperazine rings is 1. The highest BCUT2D eigenvalue weighted by Gasteiger charge is 2.49. The molecule has 1 N–H and O–H groups in total. The summed E-state index contributed by atoms with van der Waals surface area (Å²) >= 11 is 6.41. The van der Waals surface area contributed by atoms with Crippen LogP contribution >= 0.6 is 11.6 Å². The zero-order valence-electron chi connectivity index (χ0n) is 31.8. The molecule has 1 amide bonds. The van der Waals surface area contributed by atoms with E-state index >= 15 is 0 Å². The van der Waals surface area contributed by atoms with E-state index in [1.54, 1.807) is 13.0 Å². The largest absolute Gasteiger partial charge is 0.487 e. The number of benzene rings is 2. The first kappa shape index (κ1) is 38.6. The third kappa shape index (κ3) is 8.45. The van der Waals surface area contributed by atoms with Gasteiger partial charge in [-0.1, -0.05) is 36.7 Å². The highest BCUT2D eigenvalue weighted by atomic mass is 35.5. The van der Waals surface area contributed by atoms with Crippen LogP contribution in [0, 0.1) is 17.8 Å². The van der Waals surface area contributed by atoms with E-state index in [-0.39, 0.29) is 17.9 Å². The van der Waals surface area contributed by atoms with Crippen LogP contribution in [0.1, 0.15) is 74.4 Å². The Labute approximate surface area is 321 Å². The Morgan fingerprint density at radius 1 is 1.00 bits per heavy atom. The van der Waals surface area contributed by atoms with Crippen molar-refractivity contribution >= 4 is 33.2 Å². The smallest absolute Gasteiger partial charge is 0.264 e. The van der Waals surface area contributed by atoms with Crippen LogP contribution in [-0.2, 0) is 32.5 Å². The molecule has 2 bridgehead atoms. The van der Waals surface area contributed by atoms with Gasteiger partial charge < -0.3 is 19.1 Å². The van der Waals surface area contributed by atoms with E-state index in [2.05, 4.69) is 38.5 Å². The number of anilines is 1. The van der Waals surface area contributed by atoms with Gasteiger partial charge in [0, 0.05) is 69.6 Å². The second-order valence-corrected chi connectivity index (χ2v) is 18.7. The predicted octanol–water partition coefficient (Wildman–Crippen LogP) is 5.92. The minimum atomic E-state index is -3.96. The molecule has 53 heavy (non-hydrogen) atoms. The van der Waals surface area contributed by atoms with E-state index in [0.29, 0.717) is 41.3 Å². The standard InChI is InChI=1S/C41H57ClN4O6S/c1-28-8-7-16-41(50-4,27-44-18-19-45-22-29(2)51-26-36(45)24-44)37-14-11-33(37)23-46-17-6-5-9-31-20-35(42)13-10-34(31)25-52-39-15-12-32(21-38(39)46)40(47)43-53(48,49)30(28)3/h7,10,12-13,15-16,20-21,28-30,33,36-37H,5-6,8-9,11,14,17-19,22-27H2,1-4H3,(H,43,47)/b16-7+/t28-,29-,30+,33-,36-,37+,41+/m0/s1. The van der Waals surface area contributed by atoms with Gasteiger partial charge in [-0.25, -0.2) is 13.1 Å². The maximum Gasteiger partial charge on any atom is 0.264 e. The molecule has 1 saturated carbocycles. The summed E-state index contributed by atoms with van der Waals surface area (Å²) in [5, 5.41) is -0.0675. The molecule has 0 unspecified atom stereocenters. The molecule has 0 aromatic heterocycles. The highest BCUT2D eigenvalue weighted by molar-refractivity contribution is 7.90. The van der Waals surface area contributed by atoms with Crippen LogP contribution in [0.15, 0.2) is 48.6 Å². The Balaban J connectivity index is 1.24. The molecule has 2 aromatic rings. The Hall–Kier alpha value is -2.67. The number of nitrogens with one attached hydrogen (secondary N) is 1. The van der Waals surface area contributed by atoms with Crippen molar-refractivity contribution in [3.05, 3.63) is 70.3 Å². The Kier molecular flexibility index (Phi) is 11.8. The molecule has 2 aromatic carbocycles. The lowest BCUT2D eigenvalue weighted by Gasteiger charge is -2.53. The van der Waals surface area contributed by atoms with Gasteiger partial charge in [0.15, 0.2) is 0 Å². The van der Waals surface area contributed by atoms with E-state index in [1.807, 2.05) is 44.4 Å². The SMILES string of the molecule is CO[C@@]1(CN2CCN3C[C@H](C)OC[C@@H]3C2)/C=C/C[C@H](C)[C@@H](C)S(=O)(=O)NC(=O)c2ccc3c(c2)N(CCCCc2cc(Cl)ccc2CO3)C[C@@H]2CC[C@H]21. The zero-order chi connectivity index (χ0) is 37.3. The van der Waals surface area contributed by atoms with Gasteiger partial charge in [-0.2, -0.15) is 0 Å². The first-order chi connectivity index (χ1) is 25.4. The molecule has 12 heteroatoms. The third-order valence-corrected chi connectivity index (χ3v) is 14.9. The second-order valence-electron chi connectivity index (χ2n) is 16.2. The van der Waals surface area contributed by atoms with Crippen molar-refractivity contribution < 1.29 is 27.4 Å². The average molecular weight is 769 g/mol. The van der Waals surface area contributed by atoms with Crippen molar-refractivity contribution in [2.45, 2.75) is 88.9 Å². The van der Waals surface area contributed by atoms with Gasteiger partial charge in [0.2, 0.25) is 10.0 Å². The molecule has 7 rings (SSSR count). The van der Waals surface area contributed by atoms with Crippen molar-refractivity contribution in [2.24, 2.45) is 17.8 Å². The number of halogens is 1. The zero-order valence-corrected chi connectivity index (χ0v) is 33.3. The second kappa shape index (κ2) is 16.2. The number of hydrogen-bond acceptors (Lipinski definition) is 9. The summed E-state index contributed by atoms with van der Waals surface area (Å²) in [4.78, 5) is 21.1. The molecule has 0 spiro atoms. The fourth-order valence-electron chi connectivity index (χ4n) is 9.14. The molecule has 2 saturated heterocycles. The summed E-state index contributed by atoms with van der Waals surface area (Å²) < 4.78 is 48.9. The number of hydrogen-bond donors (Lipinski definition) is 1. The van der Waals surface area contributed by atoms with E-state index in [1.165, 1.54) is 5.56 Å². The number of allylic oxidation sites excluding steroid dienone is 1. The maximum atomic E-state index is 13.6. The number of nitrogens with zero attached hydrogens (tertiary/aromatic N) is 3. The van der Waals surface area contributed by atoms with Gasteiger partial charge in [0.05, 0.1) is 23.6 Å². The number of aryl methyl sites for hydroxylation is 1. The van der Waals surface area contributed by atoms with Crippen LogP contribution in [0.3, 0.4) is 0 Å². The first-order valence-electron chi connectivity index (χ1n) is 19.6. The number of methoxy groups -OCH3 is 1. The van der Waals surface area contributed by atoms with Gasteiger partial charge in [-0.3, -0.25) is 14.6 Å². The fraction of sp³-hybridized carbons (Fsp3) is 0.634. The topological polar surface area (TPSA) is 101 Å². The molecule has 7 atom stereocenters. The lowest BCUT2D eigenvalue weighted by Crippen LogP contribution is -2.63. The number of carbonyl (C=O) groups excluding carboxylic acids is 1. The molecular formula is C41H57ClN4O6S. The third-order valence-electron chi connectivity index (χ3n) is 12.8. The summed E-state index contributed by atoms with van der Waals surface area (Å²) in [5.74, 6) is 0.424. The normalized spacial score (nSPS) is 33.5. The van der Waals surface area contributed by atoms with Crippen molar-refractivity contribution in [1.82, 2.24) is 14.5 Å². The minimum Gasteiger partial charge on any atom is -0.487 e. The molecule has 3 fully saturated rings. The summed E-state index contributed by atoms with van der Waals surface area (Å²) in [7, 11) is -2.12. The quantitative estimate of drug-likeness (QED) is 0.382. The van der Waals surface area contributed by atoms with Crippen molar-refractivity contribution in [1.29, 1.82) is 0 Å².